The Hall–Kier alpha value is -1.31. The second kappa shape index (κ2) is 8.08. The van der Waals surface area contributed by atoms with Gasteiger partial charge in [0.15, 0.2) is 0 Å². The molecule has 0 heterocycles. The number of methoxy groups -OCH3 is 1. The Morgan fingerprint density at radius 2 is 2.05 bits per heavy atom. The van der Waals surface area contributed by atoms with E-state index >= 15 is 0 Å². The monoisotopic (exact) mass is 301 g/mol. The van der Waals surface area contributed by atoms with Crippen molar-refractivity contribution in [1.29, 1.82) is 0 Å². The van der Waals surface area contributed by atoms with Gasteiger partial charge in [-0.15, -0.1) is 0 Å². The quantitative estimate of drug-likeness (QED) is 0.473. The van der Waals surface area contributed by atoms with E-state index in [9.17, 15) is 8.42 Å². The molecule has 0 fully saturated rings. The van der Waals surface area contributed by atoms with Crippen molar-refractivity contribution in [3.63, 3.8) is 0 Å². The summed E-state index contributed by atoms with van der Waals surface area (Å²) >= 11 is 0. The summed E-state index contributed by atoms with van der Waals surface area (Å²) in [5, 5.41) is 3.15. The lowest BCUT2D eigenvalue weighted by Gasteiger charge is -2.12. The van der Waals surface area contributed by atoms with E-state index < -0.39 is 10.0 Å². The highest BCUT2D eigenvalue weighted by atomic mass is 32.2. The van der Waals surface area contributed by atoms with Crippen molar-refractivity contribution in [3.05, 3.63) is 18.2 Å². The van der Waals surface area contributed by atoms with Crippen molar-refractivity contribution in [2.75, 3.05) is 37.9 Å². The molecule has 1 aromatic rings. The molecule has 0 aliphatic rings. The van der Waals surface area contributed by atoms with Gasteiger partial charge in [0.1, 0.15) is 0 Å². The summed E-state index contributed by atoms with van der Waals surface area (Å²) < 4.78 is 31.3. The van der Waals surface area contributed by atoms with Crippen molar-refractivity contribution >= 4 is 21.4 Å². The van der Waals surface area contributed by atoms with Crippen LogP contribution < -0.4 is 15.8 Å². The van der Waals surface area contributed by atoms with Crippen LogP contribution >= 0.6 is 0 Å². The fourth-order valence-electron chi connectivity index (χ4n) is 1.72. The van der Waals surface area contributed by atoms with Gasteiger partial charge in [-0.3, -0.25) is 0 Å². The van der Waals surface area contributed by atoms with E-state index in [-0.39, 0.29) is 4.90 Å². The number of unbranched alkanes of at least 4 members (excludes halogenated alkanes) is 1. The first-order chi connectivity index (χ1) is 9.51. The zero-order chi connectivity index (χ0) is 15.0. The Balaban J connectivity index is 2.72. The predicted molar refractivity (Wildman–Crippen MR) is 81.3 cm³/mol. The molecule has 0 saturated carbocycles. The lowest BCUT2D eigenvalue weighted by Crippen LogP contribution is -2.23. The SMILES string of the molecule is CCNS(=O)(=O)c1ccc(N)c(NCCCCOC)c1. The summed E-state index contributed by atoms with van der Waals surface area (Å²) in [6.45, 7) is 3.53. The van der Waals surface area contributed by atoms with E-state index in [2.05, 4.69) is 10.0 Å². The molecule has 20 heavy (non-hydrogen) atoms. The molecule has 1 rings (SSSR count). The first-order valence-electron chi connectivity index (χ1n) is 6.63. The highest BCUT2D eigenvalue weighted by Gasteiger charge is 2.14. The van der Waals surface area contributed by atoms with Crippen molar-refractivity contribution in [2.45, 2.75) is 24.7 Å². The average Bonchev–Trinajstić information content (AvgIpc) is 2.40. The standard InChI is InChI=1S/C13H23N3O3S/c1-3-16-20(17,18)11-6-7-12(14)13(10-11)15-8-4-5-9-19-2/h6-7,10,15-16H,3-5,8-9,14H2,1-2H3. The lowest BCUT2D eigenvalue weighted by atomic mass is 10.2. The van der Waals surface area contributed by atoms with E-state index in [0.717, 1.165) is 19.4 Å². The van der Waals surface area contributed by atoms with Crippen LogP contribution in [0.4, 0.5) is 11.4 Å². The number of nitrogens with two attached hydrogens (primary N) is 1. The summed E-state index contributed by atoms with van der Waals surface area (Å²) in [6, 6.07) is 4.66. The van der Waals surface area contributed by atoms with E-state index in [1.165, 1.54) is 6.07 Å². The van der Waals surface area contributed by atoms with Gasteiger partial charge in [0.2, 0.25) is 10.0 Å². The third-order valence-corrected chi connectivity index (χ3v) is 4.30. The van der Waals surface area contributed by atoms with E-state index in [0.29, 0.717) is 24.5 Å². The molecular formula is C13H23N3O3S. The van der Waals surface area contributed by atoms with E-state index in [1.54, 1.807) is 26.2 Å². The molecule has 0 spiro atoms. The maximum atomic E-state index is 11.9. The zero-order valence-corrected chi connectivity index (χ0v) is 12.8. The van der Waals surface area contributed by atoms with Crippen LogP contribution in [0.1, 0.15) is 19.8 Å². The van der Waals surface area contributed by atoms with Gasteiger partial charge in [0.25, 0.3) is 0 Å². The number of hydrogen-bond donors (Lipinski definition) is 3. The summed E-state index contributed by atoms with van der Waals surface area (Å²) in [4.78, 5) is 0.216. The molecule has 1 aromatic carbocycles. The van der Waals surface area contributed by atoms with Crippen LogP contribution in [0.5, 0.6) is 0 Å². The Kier molecular flexibility index (Phi) is 6.77. The predicted octanol–water partition coefficient (Wildman–Crippen LogP) is 1.41. The van der Waals surface area contributed by atoms with Gasteiger partial charge in [-0.1, -0.05) is 6.92 Å². The number of rotatable bonds is 9. The van der Waals surface area contributed by atoms with Crippen LogP contribution in [0.3, 0.4) is 0 Å². The normalized spacial score (nSPS) is 11.5. The number of hydrogen-bond acceptors (Lipinski definition) is 5. The summed E-state index contributed by atoms with van der Waals surface area (Å²) in [5.41, 5.74) is 7.02. The Labute approximate surface area is 120 Å². The molecule has 0 atom stereocenters. The van der Waals surface area contributed by atoms with Gasteiger partial charge in [0, 0.05) is 26.8 Å². The first-order valence-corrected chi connectivity index (χ1v) is 8.11. The molecular weight excluding hydrogens is 278 g/mol. The minimum atomic E-state index is -3.45. The molecule has 0 amide bonds. The minimum Gasteiger partial charge on any atom is -0.397 e. The van der Waals surface area contributed by atoms with Crippen molar-refractivity contribution < 1.29 is 13.2 Å². The summed E-state index contributed by atoms with van der Waals surface area (Å²) in [6.07, 6.45) is 1.87. The van der Waals surface area contributed by atoms with Gasteiger partial charge < -0.3 is 15.8 Å². The molecule has 0 radical (unpaired) electrons. The fourth-order valence-corrected chi connectivity index (χ4v) is 2.79. The van der Waals surface area contributed by atoms with Crippen LogP contribution in [-0.4, -0.2) is 35.2 Å². The molecule has 0 aliphatic heterocycles. The van der Waals surface area contributed by atoms with Gasteiger partial charge >= 0.3 is 0 Å². The molecule has 7 heteroatoms. The Morgan fingerprint density at radius 1 is 1.30 bits per heavy atom. The van der Waals surface area contributed by atoms with E-state index in [1.807, 2.05) is 0 Å². The third-order valence-electron chi connectivity index (χ3n) is 2.76. The molecule has 0 saturated heterocycles. The van der Waals surface area contributed by atoms with Crippen LogP contribution in [0, 0.1) is 0 Å². The maximum absolute atomic E-state index is 11.9. The number of nitrogens with one attached hydrogen (secondary N) is 2. The number of anilines is 2. The van der Waals surface area contributed by atoms with Crippen LogP contribution in [0.2, 0.25) is 0 Å². The molecule has 114 valence electrons. The number of nitrogen functional groups attached to an aromatic ring is 1. The fraction of sp³-hybridized carbons (Fsp3) is 0.538. The maximum Gasteiger partial charge on any atom is 0.240 e. The number of sulfonamides is 1. The smallest absolute Gasteiger partial charge is 0.240 e. The largest absolute Gasteiger partial charge is 0.397 e. The average molecular weight is 301 g/mol. The first kappa shape index (κ1) is 16.7. The van der Waals surface area contributed by atoms with Gasteiger partial charge in [-0.25, -0.2) is 13.1 Å². The second-order valence-corrected chi connectivity index (χ2v) is 6.14. The van der Waals surface area contributed by atoms with Gasteiger partial charge in [0.05, 0.1) is 16.3 Å². The highest BCUT2D eigenvalue weighted by molar-refractivity contribution is 7.89. The summed E-state index contributed by atoms with van der Waals surface area (Å²) in [7, 11) is -1.79. The van der Waals surface area contributed by atoms with Gasteiger partial charge in [-0.05, 0) is 31.0 Å². The van der Waals surface area contributed by atoms with Crippen LogP contribution in [0.25, 0.3) is 0 Å². The molecule has 6 nitrogen and oxygen atoms in total. The highest BCUT2D eigenvalue weighted by Crippen LogP contribution is 2.22. The zero-order valence-electron chi connectivity index (χ0n) is 12.0. The lowest BCUT2D eigenvalue weighted by molar-refractivity contribution is 0.194. The number of benzene rings is 1. The van der Waals surface area contributed by atoms with Crippen molar-refractivity contribution in [2.24, 2.45) is 0 Å². The Morgan fingerprint density at radius 3 is 2.70 bits per heavy atom. The topological polar surface area (TPSA) is 93.5 Å². The molecule has 0 bridgehead atoms. The van der Waals surface area contributed by atoms with E-state index in [4.69, 9.17) is 10.5 Å². The van der Waals surface area contributed by atoms with Crippen LogP contribution in [0.15, 0.2) is 23.1 Å². The second-order valence-electron chi connectivity index (χ2n) is 4.38. The number of ether oxygens (including phenoxy) is 1. The molecule has 0 unspecified atom stereocenters. The van der Waals surface area contributed by atoms with Crippen molar-refractivity contribution in [3.8, 4) is 0 Å². The molecule has 0 aliphatic carbocycles. The third kappa shape index (κ3) is 4.99. The van der Waals surface area contributed by atoms with Gasteiger partial charge in [-0.2, -0.15) is 0 Å². The molecule has 4 N–H and O–H groups in total. The summed E-state index contributed by atoms with van der Waals surface area (Å²) in [5.74, 6) is 0. The Bertz CT molecular complexity index is 518. The minimum absolute atomic E-state index is 0.216. The molecule has 0 aromatic heterocycles. The van der Waals surface area contributed by atoms with Crippen LogP contribution in [-0.2, 0) is 14.8 Å². The van der Waals surface area contributed by atoms with Crippen molar-refractivity contribution in [1.82, 2.24) is 4.72 Å².